The lowest BCUT2D eigenvalue weighted by atomic mass is 10.1. The number of amides is 2. The smallest absolute Gasteiger partial charge is 0.259 e. The van der Waals surface area contributed by atoms with Crippen molar-refractivity contribution in [3.8, 4) is 0 Å². The number of carbonyl (C=O) groups excluding carboxylic acids is 2. The van der Waals surface area contributed by atoms with E-state index in [-0.39, 0.29) is 31.1 Å². The molecule has 0 spiro atoms. The highest BCUT2D eigenvalue weighted by Gasteiger charge is 2.39. The van der Waals surface area contributed by atoms with Crippen LogP contribution in [0.4, 0.5) is 11.4 Å². The molecule has 2 aliphatic heterocycles. The predicted molar refractivity (Wildman–Crippen MR) is 134 cm³/mol. The number of aromatic nitrogens is 1. The molecule has 2 aliphatic rings. The number of nitrogens with two attached hydrogens (primary N) is 1. The fourth-order valence-electron chi connectivity index (χ4n) is 4.25. The molecular formula is C24H24ClN5O5. The van der Waals surface area contributed by atoms with E-state index in [9.17, 15) is 19.5 Å². The van der Waals surface area contributed by atoms with E-state index in [1.54, 1.807) is 43.4 Å². The number of hydrogen-bond acceptors (Lipinski definition) is 7. The number of benzene rings is 2. The number of aliphatic hydroxyl groups excluding tert-OH is 1. The molecular weight excluding hydrogens is 474 g/mol. The molecule has 4 N–H and O–H groups in total. The lowest BCUT2D eigenvalue weighted by Gasteiger charge is -2.34. The van der Waals surface area contributed by atoms with Gasteiger partial charge in [0.05, 0.1) is 18.7 Å². The average Bonchev–Trinajstić information content (AvgIpc) is 3.21. The van der Waals surface area contributed by atoms with Crippen LogP contribution in [0.5, 0.6) is 0 Å². The molecule has 2 atom stereocenters. The Hall–Kier alpha value is -3.73. The molecule has 1 saturated heterocycles. The second-order valence-electron chi connectivity index (χ2n) is 8.26. The van der Waals surface area contributed by atoms with Crippen molar-refractivity contribution in [1.29, 1.82) is 0 Å². The molecule has 1 fully saturated rings. The van der Waals surface area contributed by atoms with Crippen LogP contribution in [0.15, 0.2) is 58.3 Å². The van der Waals surface area contributed by atoms with Gasteiger partial charge in [-0.15, -0.1) is 12.4 Å². The summed E-state index contributed by atoms with van der Waals surface area (Å²) in [6.45, 7) is 0.874. The molecule has 2 amide bonds. The van der Waals surface area contributed by atoms with E-state index in [4.69, 9.17) is 10.5 Å². The van der Waals surface area contributed by atoms with E-state index in [0.717, 1.165) is 16.5 Å². The normalized spacial score (nSPS) is 18.0. The number of amidine groups is 1. The Morgan fingerprint density at radius 1 is 1.20 bits per heavy atom. The van der Waals surface area contributed by atoms with Crippen LogP contribution in [0.1, 0.15) is 11.1 Å². The van der Waals surface area contributed by atoms with E-state index in [2.05, 4.69) is 10.3 Å². The molecule has 10 nitrogen and oxygen atoms in total. The summed E-state index contributed by atoms with van der Waals surface area (Å²) in [7, 11) is 1.66. The van der Waals surface area contributed by atoms with E-state index in [1.807, 2.05) is 6.07 Å². The zero-order chi connectivity index (χ0) is 24.0. The van der Waals surface area contributed by atoms with Crippen molar-refractivity contribution < 1.29 is 19.4 Å². The van der Waals surface area contributed by atoms with Gasteiger partial charge in [-0.1, -0.05) is 12.1 Å². The number of morpholine rings is 1. The van der Waals surface area contributed by atoms with Gasteiger partial charge in [0.25, 0.3) is 17.4 Å². The first kappa shape index (κ1) is 24.4. The van der Waals surface area contributed by atoms with Gasteiger partial charge in [0, 0.05) is 36.6 Å². The number of halogens is 1. The van der Waals surface area contributed by atoms with E-state index < -0.39 is 24.0 Å². The number of rotatable bonds is 4. The fraction of sp³-hybridized carbons (Fsp3) is 0.250. The number of nitrogens with zero attached hydrogens (tertiary/aromatic N) is 3. The van der Waals surface area contributed by atoms with Gasteiger partial charge in [0.1, 0.15) is 5.84 Å². The SMILES string of the molecule is Cl.Cn1c(=O)ccc2ccc(N3CCO[C@H]([C@@H](O)C(=O)Nc4ccc5c(c4)C(N)=NC5)C3=O)cc21. The van der Waals surface area contributed by atoms with Gasteiger partial charge in [0.2, 0.25) is 0 Å². The van der Waals surface area contributed by atoms with Gasteiger partial charge in [-0.2, -0.15) is 0 Å². The molecule has 11 heteroatoms. The number of carbonyl (C=O) groups is 2. The number of anilines is 2. The Kier molecular flexibility index (Phi) is 6.62. The number of ether oxygens (including phenoxy) is 1. The lowest BCUT2D eigenvalue weighted by Crippen LogP contribution is -2.55. The first-order valence-electron chi connectivity index (χ1n) is 10.8. The molecule has 182 valence electrons. The van der Waals surface area contributed by atoms with Crippen LogP contribution in [0.3, 0.4) is 0 Å². The van der Waals surface area contributed by atoms with Crippen LogP contribution in [0.2, 0.25) is 0 Å². The summed E-state index contributed by atoms with van der Waals surface area (Å²) in [5.74, 6) is -0.921. The number of aliphatic hydroxyl groups is 1. The number of fused-ring (bicyclic) bond motifs is 2. The summed E-state index contributed by atoms with van der Waals surface area (Å²) in [5, 5.41) is 14.1. The summed E-state index contributed by atoms with van der Waals surface area (Å²) in [4.78, 5) is 43.5. The van der Waals surface area contributed by atoms with E-state index in [0.29, 0.717) is 29.3 Å². The lowest BCUT2D eigenvalue weighted by molar-refractivity contribution is -0.150. The Balaban J connectivity index is 0.00000289. The topological polar surface area (TPSA) is 139 Å². The summed E-state index contributed by atoms with van der Waals surface area (Å²) in [6.07, 6.45) is -3.09. The third-order valence-corrected chi connectivity index (χ3v) is 6.17. The monoisotopic (exact) mass is 497 g/mol. The molecule has 35 heavy (non-hydrogen) atoms. The minimum absolute atomic E-state index is 0. The van der Waals surface area contributed by atoms with Crippen LogP contribution < -0.4 is 21.5 Å². The second kappa shape index (κ2) is 9.49. The van der Waals surface area contributed by atoms with Crippen molar-refractivity contribution >= 4 is 52.3 Å². The maximum absolute atomic E-state index is 13.2. The molecule has 0 radical (unpaired) electrons. The van der Waals surface area contributed by atoms with Crippen molar-refractivity contribution in [2.75, 3.05) is 23.4 Å². The minimum atomic E-state index is -1.72. The number of pyridine rings is 1. The summed E-state index contributed by atoms with van der Waals surface area (Å²) < 4.78 is 6.99. The zero-order valence-corrected chi connectivity index (χ0v) is 19.6. The fourth-order valence-corrected chi connectivity index (χ4v) is 4.25. The minimum Gasteiger partial charge on any atom is -0.383 e. The summed E-state index contributed by atoms with van der Waals surface area (Å²) >= 11 is 0. The predicted octanol–water partition coefficient (Wildman–Crippen LogP) is 0.911. The third-order valence-electron chi connectivity index (χ3n) is 6.17. The first-order valence-corrected chi connectivity index (χ1v) is 10.8. The molecule has 3 heterocycles. The Bertz CT molecular complexity index is 1420. The number of nitrogens with one attached hydrogen (secondary N) is 1. The maximum Gasteiger partial charge on any atom is 0.259 e. The Morgan fingerprint density at radius 2 is 1.97 bits per heavy atom. The van der Waals surface area contributed by atoms with Gasteiger partial charge < -0.3 is 30.4 Å². The standard InChI is InChI=1S/C24H23N5O5.ClH/c1-28-18-11-16(6-3-13(18)4-7-19(28)30)29-8-9-34-21(24(29)33)20(31)23(32)27-15-5-2-14-12-26-22(25)17(14)10-15;/h2-7,10-11,20-21,31H,8-9,12H2,1H3,(H2,25,26)(H,27,32);1H/t20-,21-;/m1./s1. The highest BCUT2D eigenvalue weighted by atomic mass is 35.5. The van der Waals surface area contributed by atoms with Gasteiger partial charge in [0.15, 0.2) is 12.2 Å². The van der Waals surface area contributed by atoms with Crippen molar-refractivity contribution in [1.82, 2.24) is 4.57 Å². The van der Waals surface area contributed by atoms with Crippen LogP contribution in [0.25, 0.3) is 10.9 Å². The summed E-state index contributed by atoms with van der Waals surface area (Å²) in [6, 6.07) is 13.7. The van der Waals surface area contributed by atoms with Crippen LogP contribution >= 0.6 is 12.4 Å². The highest BCUT2D eigenvalue weighted by molar-refractivity contribution is 6.06. The van der Waals surface area contributed by atoms with Crippen molar-refractivity contribution in [3.05, 3.63) is 70.0 Å². The number of aryl methyl sites for hydroxylation is 1. The van der Waals surface area contributed by atoms with E-state index >= 15 is 0 Å². The van der Waals surface area contributed by atoms with Crippen LogP contribution in [-0.2, 0) is 27.9 Å². The van der Waals surface area contributed by atoms with Crippen molar-refractivity contribution in [3.63, 3.8) is 0 Å². The molecule has 3 aromatic rings. The van der Waals surface area contributed by atoms with Gasteiger partial charge in [-0.05, 0) is 41.3 Å². The van der Waals surface area contributed by atoms with Crippen molar-refractivity contribution in [2.45, 2.75) is 18.8 Å². The molecule has 1 aromatic heterocycles. The Labute approximate surface area is 206 Å². The Morgan fingerprint density at radius 3 is 2.77 bits per heavy atom. The number of hydrogen-bond donors (Lipinski definition) is 3. The first-order chi connectivity index (χ1) is 16.3. The van der Waals surface area contributed by atoms with Crippen LogP contribution in [-0.4, -0.2) is 52.7 Å². The van der Waals surface area contributed by atoms with E-state index in [1.165, 1.54) is 15.5 Å². The van der Waals surface area contributed by atoms with Crippen LogP contribution in [0, 0.1) is 0 Å². The molecule has 5 rings (SSSR count). The second-order valence-corrected chi connectivity index (χ2v) is 8.26. The molecule has 0 aliphatic carbocycles. The quantitative estimate of drug-likeness (QED) is 0.489. The van der Waals surface area contributed by atoms with Gasteiger partial charge in [-0.3, -0.25) is 19.4 Å². The largest absolute Gasteiger partial charge is 0.383 e. The highest BCUT2D eigenvalue weighted by Crippen LogP contribution is 2.25. The maximum atomic E-state index is 13.2. The van der Waals surface area contributed by atoms with Crippen molar-refractivity contribution in [2.24, 2.45) is 17.8 Å². The molecule has 0 unspecified atom stereocenters. The average molecular weight is 498 g/mol. The molecule has 0 saturated carbocycles. The van der Waals surface area contributed by atoms with Gasteiger partial charge in [-0.25, -0.2) is 0 Å². The third kappa shape index (κ3) is 4.39. The zero-order valence-electron chi connectivity index (χ0n) is 18.8. The summed E-state index contributed by atoms with van der Waals surface area (Å²) in [5.41, 5.74) is 9.02. The number of aliphatic imine (C=N–C) groups is 1. The van der Waals surface area contributed by atoms with Gasteiger partial charge >= 0.3 is 0 Å². The molecule has 2 aromatic carbocycles. The molecule has 0 bridgehead atoms.